The Labute approximate surface area is 125 Å². The number of esters is 1. The minimum atomic E-state index is -3.70. The Morgan fingerprint density at radius 3 is 2.81 bits per heavy atom. The van der Waals surface area contributed by atoms with Gasteiger partial charge in [-0.15, -0.1) is 0 Å². The molecule has 0 spiro atoms. The highest BCUT2D eigenvalue weighted by molar-refractivity contribution is 7.89. The summed E-state index contributed by atoms with van der Waals surface area (Å²) in [4.78, 5) is 11.8. The average Bonchev–Trinajstić information content (AvgIpc) is 2.96. The van der Waals surface area contributed by atoms with Crippen LogP contribution in [0.5, 0.6) is 0 Å². The predicted octanol–water partition coefficient (Wildman–Crippen LogP) is 0.846. The van der Waals surface area contributed by atoms with Gasteiger partial charge >= 0.3 is 5.97 Å². The molecular weight excluding hydrogens is 292 g/mol. The lowest BCUT2D eigenvalue weighted by Crippen LogP contribution is -2.41. The Kier molecular flexibility index (Phi) is 4.97. The highest BCUT2D eigenvalue weighted by atomic mass is 32.2. The van der Waals surface area contributed by atoms with Crippen LogP contribution in [-0.2, 0) is 14.8 Å². The first-order chi connectivity index (χ1) is 10.0. The largest absolute Gasteiger partial charge is 0.465 e. The molecule has 1 aromatic rings. The van der Waals surface area contributed by atoms with Crippen LogP contribution in [0.15, 0.2) is 29.2 Å². The van der Waals surface area contributed by atoms with E-state index in [0.717, 1.165) is 12.8 Å². The van der Waals surface area contributed by atoms with Crippen molar-refractivity contribution in [1.82, 2.24) is 9.62 Å². The van der Waals surface area contributed by atoms with E-state index in [1.165, 1.54) is 23.5 Å². The van der Waals surface area contributed by atoms with Gasteiger partial charge in [0, 0.05) is 19.1 Å². The number of hydrogen-bond acceptors (Lipinski definition) is 5. The van der Waals surface area contributed by atoms with E-state index in [1.54, 1.807) is 19.2 Å². The maximum absolute atomic E-state index is 12.9. The van der Waals surface area contributed by atoms with E-state index in [0.29, 0.717) is 13.1 Å². The molecule has 0 aliphatic carbocycles. The number of likely N-dealkylation sites (N-methyl/N-ethyl adjacent to an activating group) is 1. The van der Waals surface area contributed by atoms with E-state index in [4.69, 9.17) is 0 Å². The van der Waals surface area contributed by atoms with E-state index in [1.807, 2.05) is 0 Å². The van der Waals surface area contributed by atoms with Gasteiger partial charge in [-0.05, 0) is 32.0 Å². The molecule has 0 bridgehead atoms. The van der Waals surface area contributed by atoms with Gasteiger partial charge in [0.05, 0.1) is 17.6 Å². The fraction of sp³-hybridized carbons (Fsp3) is 0.500. The van der Waals surface area contributed by atoms with Crippen molar-refractivity contribution < 1.29 is 17.9 Å². The quantitative estimate of drug-likeness (QED) is 0.816. The van der Waals surface area contributed by atoms with E-state index in [-0.39, 0.29) is 16.5 Å². The summed E-state index contributed by atoms with van der Waals surface area (Å²) < 4.78 is 31.9. The summed E-state index contributed by atoms with van der Waals surface area (Å²) in [5.41, 5.74) is 0.0788. The van der Waals surface area contributed by atoms with E-state index in [2.05, 4.69) is 10.1 Å². The van der Waals surface area contributed by atoms with E-state index >= 15 is 0 Å². The van der Waals surface area contributed by atoms with Gasteiger partial charge in [-0.2, -0.15) is 4.31 Å². The molecule has 1 saturated heterocycles. The zero-order valence-electron chi connectivity index (χ0n) is 12.2. The number of nitrogens with zero attached hydrogens (tertiary/aromatic N) is 1. The SMILES string of the molecule is CNCC1CCCN1S(=O)(=O)c1ccccc1C(=O)OC. The van der Waals surface area contributed by atoms with Crippen molar-refractivity contribution in [2.24, 2.45) is 0 Å². The van der Waals surface area contributed by atoms with Crippen LogP contribution in [0, 0.1) is 0 Å². The Balaban J connectivity index is 2.42. The maximum atomic E-state index is 12.9. The molecule has 0 radical (unpaired) electrons. The summed E-state index contributed by atoms with van der Waals surface area (Å²) in [6, 6.07) is 6.09. The average molecular weight is 312 g/mol. The number of methoxy groups -OCH3 is 1. The van der Waals surface area contributed by atoms with Crippen LogP contribution >= 0.6 is 0 Å². The Bertz CT molecular complexity index is 615. The van der Waals surface area contributed by atoms with Gasteiger partial charge in [0.1, 0.15) is 0 Å². The Morgan fingerprint density at radius 2 is 2.14 bits per heavy atom. The zero-order chi connectivity index (χ0) is 15.5. The molecule has 1 atom stereocenters. The number of benzene rings is 1. The molecule has 116 valence electrons. The second-order valence-corrected chi connectivity index (χ2v) is 6.82. The normalized spacial score (nSPS) is 19.6. The Morgan fingerprint density at radius 1 is 1.43 bits per heavy atom. The molecule has 1 aromatic carbocycles. The highest BCUT2D eigenvalue weighted by Crippen LogP contribution is 2.28. The maximum Gasteiger partial charge on any atom is 0.339 e. The number of ether oxygens (including phenoxy) is 1. The topological polar surface area (TPSA) is 75.7 Å². The van der Waals surface area contributed by atoms with Crippen molar-refractivity contribution in [3.05, 3.63) is 29.8 Å². The second kappa shape index (κ2) is 6.55. The van der Waals surface area contributed by atoms with Crippen LogP contribution < -0.4 is 5.32 Å². The first kappa shape index (κ1) is 15.9. The zero-order valence-corrected chi connectivity index (χ0v) is 13.0. The Hall–Kier alpha value is -1.44. The van der Waals surface area contributed by atoms with Crippen molar-refractivity contribution in [2.75, 3.05) is 27.2 Å². The summed E-state index contributed by atoms with van der Waals surface area (Å²) in [5, 5.41) is 3.01. The van der Waals surface area contributed by atoms with Gasteiger partial charge in [0.2, 0.25) is 10.0 Å². The number of rotatable bonds is 5. The van der Waals surface area contributed by atoms with Gasteiger partial charge in [0.25, 0.3) is 0 Å². The van der Waals surface area contributed by atoms with E-state index in [9.17, 15) is 13.2 Å². The number of carbonyl (C=O) groups is 1. The number of hydrogen-bond donors (Lipinski definition) is 1. The molecule has 0 aromatic heterocycles. The monoisotopic (exact) mass is 312 g/mol. The van der Waals surface area contributed by atoms with Crippen LogP contribution in [-0.4, -0.2) is 52.0 Å². The molecule has 6 nitrogen and oxygen atoms in total. The minimum absolute atomic E-state index is 0.0138. The molecule has 1 heterocycles. The summed E-state index contributed by atoms with van der Waals surface area (Å²) in [6.45, 7) is 1.07. The van der Waals surface area contributed by atoms with Gasteiger partial charge in [-0.1, -0.05) is 12.1 Å². The van der Waals surface area contributed by atoms with Crippen LogP contribution in [0.25, 0.3) is 0 Å². The molecule has 0 saturated carbocycles. The fourth-order valence-corrected chi connectivity index (χ4v) is 4.54. The molecule has 1 N–H and O–H groups in total. The van der Waals surface area contributed by atoms with Gasteiger partial charge < -0.3 is 10.1 Å². The highest BCUT2D eigenvalue weighted by Gasteiger charge is 2.36. The van der Waals surface area contributed by atoms with Gasteiger partial charge in [0.15, 0.2) is 0 Å². The molecule has 1 unspecified atom stereocenters. The third-order valence-electron chi connectivity index (χ3n) is 3.64. The van der Waals surface area contributed by atoms with Crippen molar-refractivity contribution in [2.45, 2.75) is 23.8 Å². The van der Waals surface area contributed by atoms with Gasteiger partial charge in [-0.25, -0.2) is 13.2 Å². The van der Waals surface area contributed by atoms with Crippen LogP contribution in [0.1, 0.15) is 23.2 Å². The standard InChI is InChI=1S/C14H20N2O4S/c1-15-10-11-6-5-9-16(11)21(18,19)13-8-4-3-7-12(13)14(17)20-2/h3-4,7-8,11,15H,5-6,9-10H2,1-2H3. The molecule has 2 rings (SSSR count). The van der Waals surface area contributed by atoms with Crippen LogP contribution in [0.4, 0.5) is 0 Å². The smallest absolute Gasteiger partial charge is 0.339 e. The summed E-state index contributed by atoms with van der Waals surface area (Å²) in [6.07, 6.45) is 1.65. The molecule has 1 fully saturated rings. The molecule has 1 aliphatic rings. The summed E-state index contributed by atoms with van der Waals surface area (Å²) >= 11 is 0. The number of nitrogens with one attached hydrogen (secondary N) is 1. The third kappa shape index (κ3) is 3.09. The van der Waals surface area contributed by atoms with Crippen molar-refractivity contribution in [3.63, 3.8) is 0 Å². The van der Waals surface area contributed by atoms with Crippen molar-refractivity contribution in [3.8, 4) is 0 Å². The summed E-state index contributed by atoms with van der Waals surface area (Å²) in [7, 11) is -0.665. The first-order valence-corrected chi connectivity index (χ1v) is 8.30. The molecule has 1 aliphatic heterocycles. The lowest BCUT2D eigenvalue weighted by Gasteiger charge is -2.24. The lowest BCUT2D eigenvalue weighted by molar-refractivity contribution is 0.0596. The van der Waals surface area contributed by atoms with E-state index < -0.39 is 16.0 Å². The molecule has 21 heavy (non-hydrogen) atoms. The summed E-state index contributed by atoms with van der Waals surface area (Å²) in [5.74, 6) is -0.640. The predicted molar refractivity (Wildman–Crippen MR) is 78.6 cm³/mol. The van der Waals surface area contributed by atoms with Crippen LogP contribution in [0.3, 0.4) is 0 Å². The van der Waals surface area contributed by atoms with Crippen LogP contribution in [0.2, 0.25) is 0 Å². The third-order valence-corrected chi connectivity index (χ3v) is 5.65. The van der Waals surface area contributed by atoms with Crippen molar-refractivity contribution in [1.29, 1.82) is 0 Å². The fourth-order valence-electron chi connectivity index (χ4n) is 2.66. The first-order valence-electron chi connectivity index (χ1n) is 6.86. The number of carbonyl (C=O) groups excluding carboxylic acids is 1. The second-order valence-electron chi connectivity index (χ2n) is 4.96. The molecular formula is C14H20N2O4S. The lowest BCUT2D eigenvalue weighted by atomic mass is 10.2. The molecule has 7 heteroatoms. The minimum Gasteiger partial charge on any atom is -0.465 e. The van der Waals surface area contributed by atoms with Gasteiger partial charge in [-0.3, -0.25) is 0 Å². The molecule has 0 amide bonds. The number of sulfonamides is 1. The van der Waals surface area contributed by atoms with Crippen molar-refractivity contribution >= 4 is 16.0 Å².